The van der Waals surface area contributed by atoms with Crippen molar-refractivity contribution in [2.45, 2.75) is 0 Å². The van der Waals surface area contributed by atoms with Gasteiger partial charge < -0.3 is 4.42 Å². The van der Waals surface area contributed by atoms with E-state index in [9.17, 15) is 8.22 Å². The second-order valence-corrected chi connectivity index (χ2v) is 10.1. The third kappa shape index (κ3) is 3.79. The van der Waals surface area contributed by atoms with Crippen LogP contribution in [-0.2, 0) is 0 Å². The van der Waals surface area contributed by atoms with Crippen molar-refractivity contribution < 1.29 is 25.0 Å². The van der Waals surface area contributed by atoms with Crippen molar-refractivity contribution in [3.05, 3.63) is 157 Å². The van der Waals surface area contributed by atoms with Gasteiger partial charge in [-0.2, -0.15) is 0 Å². The van der Waals surface area contributed by atoms with Crippen molar-refractivity contribution in [1.29, 1.82) is 0 Å². The van der Waals surface area contributed by atoms with E-state index in [2.05, 4.69) is 0 Å². The minimum atomic E-state index is -0.733. The van der Waals surface area contributed by atoms with Gasteiger partial charge in [0.1, 0.15) is 11.2 Å². The number of hydrogen-bond donors (Lipinski definition) is 0. The molecule has 1 heteroatoms. The normalized spacial score (nSPS) is 16.6. The molecule has 8 aromatic carbocycles. The second kappa shape index (κ2) is 9.44. The van der Waals surface area contributed by atoms with Crippen LogP contribution in [0.3, 0.4) is 0 Å². The Kier molecular flexibility index (Phi) is 2.97. The van der Waals surface area contributed by atoms with E-state index in [4.69, 9.17) is 16.8 Å². The van der Waals surface area contributed by atoms with Gasteiger partial charge >= 0.3 is 0 Å². The molecule has 0 bridgehead atoms. The van der Waals surface area contributed by atoms with Crippen molar-refractivity contribution >= 4 is 54.3 Å². The number of fused-ring (bicyclic) bond motifs is 6. The van der Waals surface area contributed by atoms with E-state index >= 15 is 0 Å². The van der Waals surface area contributed by atoms with Gasteiger partial charge in [-0.1, -0.05) is 133 Å². The molecule has 200 valence electrons. The number of hydrogen-bond acceptors (Lipinski definition) is 1. The third-order valence-corrected chi connectivity index (χ3v) is 7.76. The molecule has 0 N–H and O–H groups in total. The van der Waals surface area contributed by atoms with Gasteiger partial charge in [-0.05, 0) is 89.9 Å². The fourth-order valence-electron chi connectivity index (χ4n) is 5.80. The molecule has 0 saturated heterocycles. The number of para-hydroxylation sites is 1. The van der Waals surface area contributed by atoms with E-state index in [-0.39, 0.29) is 32.7 Å². The average Bonchev–Trinajstić information content (AvgIpc) is 3.60. The molecule has 43 heavy (non-hydrogen) atoms. The fourth-order valence-corrected chi connectivity index (χ4v) is 5.80. The highest BCUT2D eigenvalue weighted by molar-refractivity contribution is 6.21. The minimum absolute atomic E-state index is 0.0406. The summed E-state index contributed by atoms with van der Waals surface area (Å²) in [4.78, 5) is 0. The standard InChI is InChI=1S/C42H26O/c1-2-10-30-25-32(22-19-27(30)9-1)42-37-14-5-3-12-35(37)41(36-13-4-6-15-38(36)42)29-20-17-28(18-21-29)31-23-24-34-33-11-7-8-16-39(33)43-40(34)26-31/h1-26H/i1D,2D,3D,4D,5D,6D,9D,10D,12D,13D,14D,15D,19D,22D,25D. The summed E-state index contributed by atoms with van der Waals surface area (Å²) in [5, 5.41) is 0.153. The van der Waals surface area contributed by atoms with Crippen LogP contribution in [0, 0.1) is 0 Å². The molecule has 9 aromatic rings. The highest BCUT2D eigenvalue weighted by Gasteiger charge is 2.17. The van der Waals surface area contributed by atoms with Gasteiger partial charge in [-0.15, -0.1) is 0 Å². The van der Waals surface area contributed by atoms with E-state index in [1.165, 1.54) is 0 Å². The molecule has 0 aliphatic rings. The van der Waals surface area contributed by atoms with Crippen LogP contribution in [0.4, 0.5) is 0 Å². The molecule has 1 heterocycles. The topological polar surface area (TPSA) is 13.1 Å². The van der Waals surface area contributed by atoms with Crippen molar-refractivity contribution in [1.82, 2.24) is 0 Å². The van der Waals surface area contributed by atoms with E-state index < -0.39 is 107 Å². The summed E-state index contributed by atoms with van der Waals surface area (Å²) in [6, 6.07) is 10.5. The van der Waals surface area contributed by atoms with Crippen LogP contribution in [0.2, 0.25) is 0 Å². The summed E-state index contributed by atoms with van der Waals surface area (Å²) < 4.78 is 139. The van der Waals surface area contributed by atoms with Gasteiger partial charge in [-0.3, -0.25) is 0 Å². The SMILES string of the molecule is [2H]c1c([2H])c([2H])c2c([2H])c(-c3c4c([2H])c([2H])c([2H])c([2H])c4c(-c4ccc(-c5ccc6c(c5)oc5ccccc56)cc4)c4c([2H])c([2H])c([2H])c([2H])c34)c([2H])c([2H])c2c1[2H]. The lowest BCUT2D eigenvalue weighted by Crippen LogP contribution is -1.91. The Bertz CT molecular complexity index is 3250. The highest BCUT2D eigenvalue weighted by Crippen LogP contribution is 2.44. The Morgan fingerprint density at radius 2 is 0.953 bits per heavy atom. The highest BCUT2D eigenvalue weighted by atomic mass is 16.3. The molecular formula is C42H26O. The molecule has 0 aliphatic carbocycles. The first-order valence-electron chi connectivity index (χ1n) is 21.0. The molecule has 0 fully saturated rings. The molecule has 1 aromatic heterocycles. The Morgan fingerprint density at radius 1 is 0.395 bits per heavy atom. The molecule has 0 unspecified atom stereocenters. The van der Waals surface area contributed by atoms with Gasteiger partial charge in [0.25, 0.3) is 0 Å². The minimum Gasteiger partial charge on any atom is -0.456 e. The van der Waals surface area contributed by atoms with Crippen LogP contribution in [0.25, 0.3) is 87.6 Å². The van der Waals surface area contributed by atoms with E-state index in [1.54, 1.807) is 24.3 Å². The monoisotopic (exact) mass is 561 g/mol. The predicted octanol–water partition coefficient (Wildman–Crippen LogP) is 12.0. The zero-order valence-corrected chi connectivity index (χ0v) is 22.3. The Morgan fingerprint density at radius 3 is 1.67 bits per heavy atom. The maximum Gasteiger partial charge on any atom is 0.136 e. The van der Waals surface area contributed by atoms with Crippen LogP contribution >= 0.6 is 0 Å². The van der Waals surface area contributed by atoms with Gasteiger partial charge in [0.15, 0.2) is 0 Å². The van der Waals surface area contributed by atoms with Gasteiger partial charge in [0.2, 0.25) is 0 Å². The van der Waals surface area contributed by atoms with Crippen LogP contribution in [0.1, 0.15) is 20.6 Å². The zero-order valence-electron chi connectivity index (χ0n) is 37.3. The Hall–Kier alpha value is -5.66. The summed E-state index contributed by atoms with van der Waals surface area (Å²) in [6.07, 6.45) is 0. The molecule has 0 radical (unpaired) electrons. The molecule has 0 saturated carbocycles. The van der Waals surface area contributed by atoms with Gasteiger partial charge in [-0.25, -0.2) is 0 Å². The number of benzene rings is 8. The van der Waals surface area contributed by atoms with E-state index in [0.717, 1.165) is 27.5 Å². The lowest BCUT2D eigenvalue weighted by Gasteiger charge is -2.18. The third-order valence-electron chi connectivity index (χ3n) is 7.76. The molecule has 0 aliphatic heterocycles. The van der Waals surface area contributed by atoms with Crippen LogP contribution in [0.15, 0.2) is 162 Å². The van der Waals surface area contributed by atoms with Crippen molar-refractivity contribution in [3.8, 4) is 33.4 Å². The average molecular weight is 562 g/mol. The Labute approximate surface area is 270 Å². The summed E-state index contributed by atoms with van der Waals surface area (Å²) in [5.41, 5.74) is 2.49. The van der Waals surface area contributed by atoms with Gasteiger partial charge in [0, 0.05) is 10.8 Å². The first-order chi connectivity index (χ1) is 27.6. The largest absolute Gasteiger partial charge is 0.456 e. The molecule has 0 spiro atoms. The number of rotatable bonds is 3. The first-order valence-corrected chi connectivity index (χ1v) is 13.5. The fraction of sp³-hybridized carbons (Fsp3) is 0. The van der Waals surface area contributed by atoms with Crippen molar-refractivity contribution in [2.24, 2.45) is 0 Å². The summed E-state index contributed by atoms with van der Waals surface area (Å²) in [6.45, 7) is 0. The van der Waals surface area contributed by atoms with Crippen LogP contribution < -0.4 is 0 Å². The summed E-state index contributed by atoms with van der Waals surface area (Å²) in [5.74, 6) is 0. The van der Waals surface area contributed by atoms with E-state index in [1.807, 2.05) is 42.5 Å². The number of furan rings is 1. The summed E-state index contributed by atoms with van der Waals surface area (Å²) >= 11 is 0. The quantitative estimate of drug-likeness (QED) is 0.196. The van der Waals surface area contributed by atoms with Crippen LogP contribution in [-0.4, -0.2) is 0 Å². The Balaban J connectivity index is 1.43. The summed E-state index contributed by atoms with van der Waals surface area (Å²) in [7, 11) is 0. The lowest BCUT2D eigenvalue weighted by molar-refractivity contribution is 0.669. The predicted molar refractivity (Wildman–Crippen MR) is 183 cm³/mol. The lowest BCUT2D eigenvalue weighted by atomic mass is 9.85. The van der Waals surface area contributed by atoms with E-state index in [0.29, 0.717) is 11.1 Å². The smallest absolute Gasteiger partial charge is 0.136 e. The molecule has 0 amide bonds. The first kappa shape index (κ1) is 13.5. The maximum absolute atomic E-state index is 9.37. The van der Waals surface area contributed by atoms with Crippen LogP contribution in [0.5, 0.6) is 0 Å². The molecule has 9 rings (SSSR count). The molecule has 1 nitrogen and oxygen atoms in total. The second-order valence-electron chi connectivity index (χ2n) is 10.1. The van der Waals surface area contributed by atoms with Gasteiger partial charge in [0.05, 0.1) is 20.6 Å². The van der Waals surface area contributed by atoms with Crippen molar-refractivity contribution in [2.75, 3.05) is 0 Å². The molecular weight excluding hydrogens is 520 g/mol. The molecule has 0 atom stereocenters. The zero-order chi connectivity index (χ0) is 41.4. The maximum atomic E-state index is 9.37. The van der Waals surface area contributed by atoms with Crippen molar-refractivity contribution in [3.63, 3.8) is 0 Å².